The van der Waals surface area contributed by atoms with Gasteiger partial charge in [-0.25, -0.2) is 9.97 Å². The van der Waals surface area contributed by atoms with Crippen LogP contribution in [0, 0.1) is 0 Å². The van der Waals surface area contributed by atoms with Crippen LogP contribution >= 0.6 is 15.9 Å². The van der Waals surface area contributed by atoms with E-state index < -0.39 is 0 Å². The molecule has 0 spiro atoms. The largest absolute Gasteiger partial charge is 0.383 e. The number of hydrogen-bond donors (Lipinski definition) is 1. The van der Waals surface area contributed by atoms with Crippen molar-refractivity contribution in [2.45, 2.75) is 33.1 Å². The van der Waals surface area contributed by atoms with Crippen LogP contribution in [0.5, 0.6) is 0 Å². The summed E-state index contributed by atoms with van der Waals surface area (Å²) in [6.45, 7) is 4.15. The molecule has 1 rings (SSSR count). The standard InChI is InChI=1S/C9H14BrN3/c1-3-5-6-8(10)9(11)13-7(4-2)12-6/h3-5H2,1-2H3,(H2,11,12,13). The van der Waals surface area contributed by atoms with Crippen LogP contribution in [-0.2, 0) is 12.8 Å². The molecule has 0 atom stereocenters. The first kappa shape index (κ1) is 10.4. The first-order chi connectivity index (χ1) is 6.19. The monoisotopic (exact) mass is 243 g/mol. The number of nitrogens with two attached hydrogens (primary N) is 1. The maximum Gasteiger partial charge on any atom is 0.141 e. The SMILES string of the molecule is CCCc1nc(CC)nc(N)c1Br. The Morgan fingerprint density at radius 2 is 2.00 bits per heavy atom. The summed E-state index contributed by atoms with van der Waals surface area (Å²) >= 11 is 3.39. The molecule has 0 unspecified atom stereocenters. The molecule has 72 valence electrons. The minimum absolute atomic E-state index is 0.551. The first-order valence-corrected chi connectivity index (χ1v) is 5.29. The maximum atomic E-state index is 5.73. The molecule has 2 N–H and O–H groups in total. The predicted octanol–water partition coefficient (Wildman–Crippen LogP) is 2.34. The van der Waals surface area contributed by atoms with Crippen LogP contribution in [-0.4, -0.2) is 9.97 Å². The number of halogens is 1. The lowest BCUT2D eigenvalue weighted by Crippen LogP contribution is -2.04. The molecule has 0 saturated heterocycles. The Hall–Kier alpha value is -0.640. The van der Waals surface area contributed by atoms with E-state index in [0.717, 1.165) is 35.3 Å². The average molecular weight is 244 g/mol. The minimum Gasteiger partial charge on any atom is -0.383 e. The van der Waals surface area contributed by atoms with E-state index in [4.69, 9.17) is 5.73 Å². The fourth-order valence-electron chi connectivity index (χ4n) is 1.13. The molecule has 1 heterocycles. The van der Waals surface area contributed by atoms with Crippen molar-refractivity contribution < 1.29 is 0 Å². The lowest BCUT2D eigenvalue weighted by atomic mass is 10.2. The van der Waals surface area contributed by atoms with E-state index in [1.54, 1.807) is 0 Å². The molecule has 0 bridgehead atoms. The van der Waals surface area contributed by atoms with Crippen LogP contribution in [0.25, 0.3) is 0 Å². The molecular weight excluding hydrogens is 230 g/mol. The third kappa shape index (κ3) is 2.40. The molecule has 1 aromatic rings. The summed E-state index contributed by atoms with van der Waals surface area (Å²) in [4.78, 5) is 8.56. The topological polar surface area (TPSA) is 51.8 Å². The van der Waals surface area contributed by atoms with Gasteiger partial charge in [0.15, 0.2) is 0 Å². The van der Waals surface area contributed by atoms with Crippen molar-refractivity contribution >= 4 is 21.7 Å². The zero-order valence-electron chi connectivity index (χ0n) is 7.97. The first-order valence-electron chi connectivity index (χ1n) is 4.49. The Balaban J connectivity index is 3.09. The van der Waals surface area contributed by atoms with Crippen LogP contribution in [0.3, 0.4) is 0 Å². The van der Waals surface area contributed by atoms with Gasteiger partial charge < -0.3 is 5.73 Å². The second-order valence-corrected chi connectivity index (χ2v) is 3.68. The molecule has 0 amide bonds. The quantitative estimate of drug-likeness (QED) is 0.887. The van der Waals surface area contributed by atoms with E-state index in [2.05, 4.69) is 32.8 Å². The van der Waals surface area contributed by atoms with Crippen molar-refractivity contribution in [1.29, 1.82) is 0 Å². The third-order valence-corrected chi connectivity index (χ3v) is 2.66. The maximum absolute atomic E-state index is 5.73. The van der Waals surface area contributed by atoms with E-state index in [9.17, 15) is 0 Å². The van der Waals surface area contributed by atoms with Gasteiger partial charge in [0.25, 0.3) is 0 Å². The number of aryl methyl sites for hydroxylation is 2. The normalized spacial score (nSPS) is 10.4. The van der Waals surface area contributed by atoms with Crippen molar-refractivity contribution in [3.63, 3.8) is 0 Å². The van der Waals surface area contributed by atoms with Gasteiger partial charge in [0.1, 0.15) is 11.6 Å². The Kier molecular flexibility index (Phi) is 3.66. The van der Waals surface area contributed by atoms with Crippen molar-refractivity contribution in [3.8, 4) is 0 Å². The van der Waals surface area contributed by atoms with Gasteiger partial charge in [-0.05, 0) is 22.4 Å². The summed E-state index contributed by atoms with van der Waals surface area (Å²) in [6, 6.07) is 0. The number of hydrogen-bond acceptors (Lipinski definition) is 3. The summed E-state index contributed by atoms with van der Waals surface area (Å²) in [5.41, 5.74) is 6.75. The van der Waals surface area contributed by atoms with Gasteiger partial charge in [-0.1, -0.05) is 20.3 Å². The molecular formula is C9H14BrN3. The number of anilines is 1. The van der Waals surface area contributed by atoms with Gasteiger partial charge in [-0.15, -0.1) is 0 Å². The second kappa shape index (κ2) is 4.56. The Bertz CT molecular complexity index is 299. The van der Waals surface area contributed by atoms with Crippen molar-refractivity contribution in [3.05, 3.63) is 16.0 Å². The minimum atomic E-state index is 0.551. The fraction of sp³-hybridized carbons (Fsp3) is 0.556. The molecule has 0 aliphatic heterocycles. The predicted molar refractivity (Wildman–Crippen MR) is 57.5 cm³/mol. The van der Waals surface area contributed by atoms with Crippen molar-refractivity contribution in [2.75, 3.05) is 5.73 Å². The zero-order valence-corrected chi connectivity index (χ0v) is 9.56. The molecule has 1 aromatic heterocycles. The second-order valence-electron chi connectivity index (χ2n) is 2.89. The third-order valence-electron chi connectivity index (χ3n) is 1.79. The highest BCUT2D eigenvalue weighted by Gasteiger charge is 2.07. The number of nitrogen functional groups attached to an aromatic ring is 1. The van der Waals surface area contributed by atoms with Gasteiger partial charge in [0, 0.05) is 6.42 Å². The Morgan fingerprint density at radius 3 is 2.54 bits per heavy atom. The van der Waals surface area contributed by atoms with Crippen LogP contribution in [0.15, 0.2) is 4.47 Å². The number of rotatable bonds is 3. The van der Waals surface area contributed by atoms with Crippen LogP contribution in [0.2, 0.25) is 0 Å². The fourth-order valence-corrected chi connectivity index (χ4v) is 1.50. The lowest BCUT2D eigenvalue weighted by molar-refractivity contribution is 0.830. The van der Waals surface area contributed by atoms with E-state index in [0.29, 0.717) is 5.82 Å². The van der Waals surface area contributed by atoms with Crippen LogP contribution in [0.4, 0.5) is 5.82 Å². The summed E-state index contributed by atoms with van der Waals surface area (Å²) in [7, 11) is 0. The molecule has 0 aliphatic rings. The highest BCUT2D eigenvalue weighted by atomic mass is 79.9. The van der Waals surface area contributed by atoms with Crippen LogP contribution in [0.1, 0.15) is 31.8 Å². The Labute approximate surface area is 86.9 Å². The average Bonchev–Trinajstić information content (AvgIpc) is 2.13. The van der Waals surface area contributed by atoms with Gasteiger partial charge in [0.2, 0.25) is 0 Å². The Morgan fingerprint density at radius 1 is 1.31 bits per heavy atom. The zero-order chi connectivity index (χ0) is 9.84. The molecule has 3 nitrogen and oxygen atoms in total. The van der Waals surface area contributed by atoms with Crippen molar-refractivity contribution in [1.82, 2.24) is 9.97 Å². The smallest absolute Gasteiger partial charge is 0.141 e. The summed E-state index contributed by atoms with van der Waals surface area (Å²) in [6.07, 6.45) is 2.84. The van der Waals surface area contributed by atoms with E-state index >= 15 is 0 Å². The molecule has 13 heavy (non-hydrogen) atoms. The molecule has 0 aromatic carbocycles. The lowest BCUT2D eigenvalue weighted by Gasteiger charge is -2.06. The molecule has 0 saturated carbocycles. The van der Waals surface area contributed by atoms with Gasteiger partial charge in [-0.2, -0.15) is 0 Å². The molecule has 4 heteroatoms. The highest BCUT2D eigenvalue weighted by molar-refractivity contribution is 9.10. The van der Waals surface area contributed by atoms with Gasteiger partial charge >= 0.3 is 0 Å². The number of nitrogens with zero attached hydrogens (tertiary/aromatic N) is 2. The summed E-state index contributed by atoms with van der Waals surface area (Å²) < 4.78 is 0.853. The number of aromatic nitrogens is 2. The van der Waals surface area contributed by atoms with Gasteiger partial charge in [0.05, 0.1) is 10.2 Å². The summed E-state index contributed by atoms with van der Waals surface area (Å²) in [5, 5.41) is 0. The van der Waals surface area contributed by atoms with E-state index in [1.807, 2.05) is 6.92 Å². The van der Waals surface area contributed by atoms with Gasteiger partial charge in [-0.3, -0.25) is 0 Å². The van der Waals surface area contributed by atoms with Crippen molar-refractivity contribution in [2.24, 2.45) is 0 Å². The molecule has 0 aliphatic carbocycles. The van der Waals surface area contributed by atoms with E-state index in [1.165, 1.54) is 0 Å². The highest BCUT2D eigenvalue weighted by Crippen LogP contribution is 2.22. The molecule has 0 fully saturated rings. The van der Waals surface area contributed by atoms with E-state index in [-0.39, 0.29) is 0 Å². The van der Waals surface area contributed by atoms with Crippen LogP contribution < -0.4 is 5.73 Å². The summed E-state index contributed by atoms with van der Waals surface area (Å²) in [5.74, 6) is 1.37. The molecule has 0 radical (unpaired) electrons.